The molecule has 0 aliphatic carbocycles. The Bertz CT molecular complexity index is 663. The summed E-state index contributed by atoms with van der Waals surface area (Å²) in [5, 5.41) is 0. The SMILES string of the molecule is COC(=O)CCC[C@@H]1[C@H]2CCCN3CCC[C@@H](CN1Cc1ccc(F)cc1)[C@@H]23. The van der Waals surface area contributed by atoms with Gasteiger partial charge in [-0.05, 0) is 81.1 Å². The van der Waals surface area contributed by atoms with E-state index in [9.17, 15) is 9.18 Å². The quantitative estimate of drug-likeness (QED) is 0.693. The van der Waals surface area contributed by atoms with Crippen molar-refractivity contribution < 1.29 is 13.9 Å². The van der Waals surface area contributed by atoms with Crippen LogP contribution in [0.3, 0.4) is 0 Å². The minimum Gasteiger partial charge on any atom is -0.469 e. The lowest BCUT2D eigenvalue weighted by Gasteiger charge is -2.57. The van der Waals surface area contributed by atoms with Gasteiger partial charge in [0.25, 0.3) is 0 Å². The minimum absolute atomic E-state index is 0.110. The summed E-state index contributed by atoms with van der Waals surface area (Å²) in [4.78, 5) is 17.0. The van der Waals surface area contributed by atoms with Crippen LogP contribution in [0.2, 0.25) is 0 Å². The van der Waals surface area contributed by atoms with Crippen LogP contribution in [0.25, 0.3) is 0 Å². The van der Waals surface area contributed by atoms with E-state index in [1.54, 1.807) is 12.1 Å². The Morgan fingerprint density at radius 2 is 1.93 bits per heavy atom. The summed E-state index contributed by atoms with van der Waals surface area (Å²) in [5.74, 6) is 1.15. The fourth-order valence-corrected chi connectivity index (χ4v) is 6.04. The van der Waals surface area contributed by atoms with Crippen LogP contribution < -0.4 is 0 Å². The zero-order valence-corrected chi connectivity index (χ0v) is 17.0. The molecule has 1 aromatic rings. The number of piperidine rings is 3. The van der Waals surface area contributed by atoms with E-state index in [4.69, 9.17) is 4.74 Å². The first kappa shape index (κ1) is 19.8. The van der Waals surface area contributed by atoms with Crippen molar-refractivity contribution in [3.63, 3.8) is 0 Å². The molecule has 0 saturated carbocycles. The van der Waals surface area contributed by atoms with E-state index < -0.39 is 0 Å². The zero-order chi connectivity index (χ0) is 19.5. The highest BCUT2D eigenvalue weighted by Gasteiger charge is 2.48. The van der Waals surface area contributed by atoms with Crippen LogP contribution >= 0.6 is 0 Å². The van der Waals surface area contributed by atoms with E-state index in [2.05, 4.69) is 9.80 Å². The molecule has 0 aromatic heterocycles. The van der Waals surface area contributed by atoms with Gasteiger partial charge in [0.2, 0.25) is 0 Å². The monoisotopic (exact) mass is 388 g/mol. The number of benzene rings is 1. The van der Waals surface area contributed by atoms with Crippen molar-refractivity contribution in [3.8, 4) is 0 Å². The van der Waals surface area contributed by atoms with Gasteiger partial charge in [-0.3, -0.25) is 14.6 Å². The summed E-state index contributed by atoms with van der Waals surface area (Å²) in [6.45, 7) is 4.51. The molecule has 0 unspecified atom stereocenters. The van der Waals surface area contributed by atoms with Gasteiger partial charge in [-0.2, -0.15) is 0 Å². The molecule has 3 fully saturated rings. The average molecular weight is 389 g/mol. The maximum atomic E-state index is 13.3. The second kappa shape index (κ2) is 8.91. The molecule has 0 amide bonds. The predicted molar refractivity (Wildman–Crippen MR) is 107 cm³/mol. The van der Waals surface area contributed by atoms with Gasteiger partial charge in [0.15, 0.2) is 0 Å². The fourth-order valence-electron chi connectivity index (χ4n) is 6.04. The summed E-state index contributed by atoms with van der Waals surface area (Å²) in [7, 11) is 1.47. The molecule has 0 N–H and O–H groups in total. The van der Waals surface area contributed by atoms with Crippen LogP contribution in [0.4, 0.5) is 4.39 Å². The van der Waals surface area contributed by atoms with Gasteiger partial charge in [-0.25, -0.2) is 4.39 Å². The Hall–Kier alpha value is -1.46. The number of rotatable bonds is 6. The van der Waals surface area contributed by atoms with Crippen molar-refractivity contribution in [2.24, 2.45) is 11.8 Å². The topological polar surface area (TPSA) is 32.8 Å². The largest absolute Gasteiger partial charge is 0.469 e. The first-order valence-electron chi connectivity index (χ1n) is 10.9. The Morgan fingerprint density at radius 1 is 1.18 bits per heavy atom. The minimum atomic E-state index is -0.174. The fraction of sp³-hybridized carbons (Fsp3) is 0.696. The molecule has 3 heterocycles. The third-order valence-electron chi connectivity index (χ3n) is 7.19. The van der Waals surface area contributed by atoms with Crippen molar-refractivity contribution in [1.82, 2.24) is 9.80 Å². The number of hydrogen-bond acceptors (Lipinski definition) is 4. The first-order valence-corrected chi connectivity index (χ1v) is 10.9. The van der Waals surface area contributed by atoms with Gasteiger partial charge in [0, 0.05) is 31.6 Å². The number of likely N-dealkylation sites (tertiary alicyclic amines) is 1. The predicted octanol–water partition coefficient (Wildman–Crippen LogP) is 3.84. The number of halogens is 1. The van der Waals surface area contributed by atoms with Crippen LogP contribution in [0.5, 0.6) is 0 Å². The highest BCUT2D eigenvalue weighted by Crippen LogP contribution is 2.43. The number of carbonyl (C=O) groups excluding carboxylic acids is 1. The number of methoxy groups -OCH3 is 1. The van der Waals surface area contributed by atoms with Gasteiger partial charge < -0.3 is 4.74 Å². The summed E-state index contributed by atoms with van der Waals surface area (Å²) >= 11 is 0. The van der Waals surface area contributed by atoms with Crippen molar-refractivity contribution in [2.75, 3.05) is 26.7 Å². The molecule has 4 rings (SSSR count). The maximum Gasteiger partial charge on any atom is 0.305 e. The summed E-state index contributed by atoms with van der Waals surface area (Å²) < 4.78 is 18.2. The third-order valence-corrected chi connectivity index (χ3v) is 7.19. The molecule has 4 nitrogen and oxygen atoms in total. The van der Waals surface area contributed by atoms with E-state index >= 15 is 0 Å². The second-order valence-electron chi connectivity index (χ2n) is 8.83. The molecule has 3 aliphatic heterocycles. The van der Waals surface area contributed by atoms with E-state index in [0.29, 0.717) is 18.4 Å². The average Bonchev–Trinajstić information content (AvgIpc) is 2.72. The molecule has 0 bridgehead atoms. The number of esters is 1. The van der Waals surface area contributed by atoms with E-state index in [1.807, 2.05) is 12.1 Å². The van der Waals surface area contributed by atoms with E-state index in [-0.39, 0.29) is 11.8 Å². The third kappa shape index (κ3) is 4.25. The smallest absolute Gasteiger partial charge is 0.305 e. The highest BCUT2D eigenvalue weighted by atomic mass is 19.1. The maximum absolute atomic E-state index is 13.3. The Kier molecular flexibility index (Phi) is 6.32. The lowest BCUT2D eigenvalue weighted by atomic mass is 9.69. The lowest BCUT2D eigenvalue weighted by molar-refractivity contribution is -0.141. The lowest BCUT2D eigenvalue weighted by Crippen LogP contribution is -2.64. The standard InChI is InChI=1S/C23H33FN2O2/c1-28-22(27)8-2-7-21-20-6-4-14-25-13-3-5-18(23(20)25)16-26(21)15-17-9-11-19(24)12-10-17/h9-12,18,20-21,23H,2-8,13-16H2,1H3/t18-,20+,21+,23-/m0/s1. The van der Waals surface area contributed by atoms with Gasteiger partial charge in [-0.15, -0.1) is 0 Å². The number of ether oxygens (including phenoxy) is 1. The normalized spacial score (nSPS) is 30.6. The van der Waals surface area contributed by atoms with Crippen molar-refractivity contribution in [1.29, 1.82) is 0 Å². The molecular formula is C23H33FN2O2. The van der Waals surface area contributed by atoms with Gasteiger partial charge in [0.05, 0.1) is 7.11 Å². The van der Waals surface area contributed by atoms with Crippen molar-refractivity contribution >= 4 is 5.97 Å². The van der Waals surface area contributed by atoms with Crippen LogP contribution in [0, 0.1) is 17.7 Å². The van der Waals surface area contributed by atoms with Gasteiger partial charge >= 0.3 is 5.97 Å². The number of carbonyl (C=O) groups is 1. The summed E-state index contributed by atoms with van der Waals surface area (Å²) in [6.07, 6.45) is 7.63. The molecule has 3 saturated heterocycles. The molecule has 0 spiro atoms. The molecule has 1 aromatic carbocycles. The van der Waals surface area contributed by atoms with Crippen molar-refractivity contribution in [3.05, 3.63) is 35.6 Å². The number of hydrogen-bond donors (Lipinski definition) is 0. The molecule has 0 radical (unpaired) electrons. The molecular weight excluding hydrogens is 355 g/mol. The summed E-state index contributed by atoms with van der Waals surface area (Å²) in [5.41, 5.74) is 1.18. The second-order valence-corrected chi connectivity index (χ2v) is 8.83. The van der Waals surface area contributed by atoms with Crippen LogP contribution in [-0.2, 0) is 16.1 Å². The molecule has 28 heavy (non-hydrogen) atoms. The summed E-state index contributed by atoms with van der Waals surface area (Å²) in [6, 6.07) is 8.18. The van der Waals surface area contributed by atoms with Crippen molar-refractivity contribution in [2.45, 2.75) is 63.6 Å². The molecule has 3 aliphatic rings. The van der Waals surface area contributed by atoms with E-state index in [0.717, 1.165) is 37.9 Å². The highest BCUT2D eigenvalue weighted by molar-refractivity contribution is 5.68. The van der Waals surface area contributed by atoms with Crippen LogP contribution in [-0.4, -0.2) is 54.6 Å². The Balaban J connectivity index is 1.52. The van der Waals surface area contributed by atoms with Crippen LogP contribution in [0.15, 0.2) is 24.3 Å². The molecule has 4 atom stereocenters. The van der Waals surface area contributed by atoms with E-state index in [1.165, 1.54) is 51.4 Å². The van der Waals surface area contributed by atoms with Gasteiger partial charge in [0.1, 0.15) is 5.82 Å². The Labute approximate surface area is 168 Å². The zero-order valence-electron chi connectivity index (χ0n) is 17.0. The number of nitrogens with zero attached hydrogens (tertiary/aromatic N) is 2. The van der Waals surface area contributed by atoms with Gasteiger partial charge in [-0.1, -0.05) is 12.1 Å². The van der Waals surface area contributed by atoms with Crippen LogP contribution in [0.1, 0.15) is 50.5 Å². The molecule has 5 heteroatoms. The molecule has 154 valence electrons. The Morgan fingerprint density at radius 3 is 2.68 bits per heavy atom. The first-order chi connectivity index (χ1) is 13.7.